The van der Waals surface area contributed by atoms with E-state index in [0.29, 0.717) is 28.1 Å². The molecule has 3 aromatic rings. The molecule has 3 heterocycles. The molecule has 3 aromatic heterocycles. The van der Waals surface area contributed by atoms with Crippen molar-refractivity contribution in [3.8, 4) is 11.1 Å². The number of aryl methyl sites for hydroxylation is 1. The predicted octanol–water partition coefficient (Wildman–Crippen LogP) is 4.76. The second-order valence-electron chi connectivity index (χ2n) is 4.32. The van der Waals surface area contributed by atoms with E-state index in [-0.39, 0.29) is 11.1 Å². The average molecular weight is 300 g/mol. The lowest BCUT2D eigenvalue weighted by Crippen LogP contribution is -2.03. The standard InChI is InChI=1S/C13H8F4N2S/c1-6-10(7-4-5-20-12(7)13(15,16)17)11-8(18-6)2-3-9(14)19-11/h2-5,18H,1H3. The van der Waals surface area contributed by atoms with Crippen LogP contribution in [0.4, 0.5) is 17.6 Å². The Morgan fingerprint density at radius 2 is 1.95 bits per heavy atom. The SMILES string of the molecule is Cc1[nH]c2ccc(F)nc2c1-c1ccsc1C(F)(F)F. The number of halogens is 4. The van der Waals surface area contributed by atoms with Crippen molar-refractivity contribution < 1.29 is 17.6 Å². The lowest BCUT2D eigenvalue weighted by Gasteiger charge is -2.07. The molecule has 3 rings (SSSR count). The first kappa shape index (κ1) is 13.1. The summed E-state index contributed by atoms with van der Waals surface area (Å²) in [5.74, 6) is -0.721. The molecule has 0 saturated heterocycles. The first-order valence-corrected chi connectivity index (χ1v) is 6.56. The first-order chi connectivity index (χ1) is 9.38. The number of fused-ring (bicyclic) bond motifs is 1. The Hall–Kier alpha value is -1.89. The Kier molecular flexibility index (Phi) is 2.82. The smallest absolute Gasteiger partial charge is 0.357 e. The summed E-state index contributed by atoms with van der Waals surface area (Å²) in [5, 5.41) is 1.37. The minimum Gasteiger partial charge on any atom is -0.357 e. The summed E-state index contributed by atoms with van der Waals surface area (Å²) >= 11 is 0.616. The molecule has 2 nitrogen and oxygen atoms in total. The Morgan fingerprint density at radius 3 is 2.65 bits per heavy atom. The molecule has 0 aliphatic heterocycles. The summed E-state index contributed by atoms with van der Waals surface area (Å²) in [6, 6.07) is 4.02. The maximum absolute atomic E-state index is 13.3. The van der Waals surface area contributed by atoms with Gasteiger partial charge in [-0.2, -0.15) is 17.6 Å². The second kappa shape index (κ2) is 4.31. The highest BCUT2D eigenvalue weighted by atomic mass is 32.1. The van der Waals surface area contributed by atoms with Crippen LogP contribution < -0.4 is 0 Å². The van der Waals surface area contributed by atoms with Crippen LogP contribution in [0.15, 0.2) is 23.6 Å². The maximum atomic E-state index is 13.3. The number of thiophene rings is 1. The van der Waals surface area contributed by atoms with Crippen molar-refractivity contribution in [2.45, 2.75) is 13.1 Å². The van der Waals surface area contributed by atoms with Crippen LogP contribution in [0.3, 0.4) is 0 Å². The maximum Gasteiger partial charge on any atom is 0.426 e. The van der Waals surface area contributed by atoms with E-state index in [4.69, 9.17) is 0 Å². The van der Waals surface area contributed by atoms with Crippen LogP contribution in [0, 0.1) is 12.9 Å². The van der Waals surface area contributed by atoms with Crippen molar-refractivity contribution in [3.05, 3.63) is 40.1 Å². The molecule has 0 aromatic carbocycles. The van der Waals surface area contributed by atoms with Gasteiger partial charge in [0.1, 0.15) is 4.88 Å². The zero-order valence-electron chi connectivity index (χ0n) is 10.2. The summed E-state index contributed by atoms with van der Waals surface area (Å²) < 4.78 is 52.2. The molecule has 104 valence electrons. The van der Waals surface area contributed by atoms with E-state index in [1.54, 1.807) is 6.92 Å². The van der Waals surface area contributed by atoms with Crippen LogP contribution in [-0.4, -0.2) is 9.97 Å². The summed E-state index contributed by atoms with van der Waals surface area (Å²) in [7, 11) is 0. The van der Waals surface area contributed by atoms with Gasteiger partial charge in [-0.05, 0) is 30.5 Å². The van der Waals surface area contributed by atoms with Crippen molar-refractivity contribution in [3.63, 3.8) is 0 Å². The molecule has 0 saturated carbocycles. The molecule has 7 heteroatoms. The van der Waals surface area contributed by atoms with Gasteiger partial charge in [0.25, 0.3) is 0 Å². The van der Waals surface area contributed by atoms with Gasteiger partial charge in [0, 0.05) is 16.8 Å². The molecular weight excluding hydrogens is 292 g/mol. The number of nitrogens with one attached hydrogen (secondary N) is 1. The minimum atomic E-state index is -4.44. The fraction of sp³-hybridized carbons (Fsp3) is 0.154. The van der Waals surface area contributed by atoms with E-state index < -0.39 is 17.0 Å². The zero-order chi connectivity index (χ0) is 14.5. The number of aromatic nitrogens is 2. The van der Waals surface area contributed by atoms with Crippen LogP contribution in [0.25, 0.3) is 22.2 Å². The van der Waals surface area contributed by atoms with E-state index in [9.17, 15) is 17.6 Å². The number of pyridine rings is 1. The number of rotatable bonds is 1. The summed E-state index contributed by atoms with van der Waals surface area (Å²) in [6.45, 7) is 1.65. The molecule has 0 aliphatic rings. The van der Waals surface area contributed by atoms with Gasteiger partial charge >= 0.3 is 6.18 Å². The van der Waals surface area contributed by atoms with Crippen LogP contribution >= 0.6 is 11.3 Å². The molecule has 0 radical (unpaired) electrons. The number of H-pyrrole nitrogens is 1. The summed E-state index contributed by atoms with van der Waals surface area (Å²) in [6.07, 6.45) is -4.44. The van der Waals surface area contributed by atoms with Crippen LogP contribution in [0.1, 0.15) is 10.6 Å². The van der Waals surface area contributed by atoms with Gasteiger partial charge in [0.15, 0.2) is 0 Å². The molecule has 0 unspecified atom stereocenters. The Bertz CT molecular complexity index is 785. The Labute approximate surface area is 115 Å². The molecule has 0 spiro atoms. The van der Waals surface area contributed by atoms with E-state index >= 15 is 0 Å². The molecule has 0 atom stereocenters. The number of hydrogen-bond acceptors (Lipinski definition) is 2. The zero-order valence-corrected chi connectivity index (χ0v) is 11.0. The third-order valence-corrected chi connectivity index (χ3v) is 3.95. The Morgan fingerprint density at radius 1 is 1.20 bits per heavy atom. The highest BCUT2D eigenvalue weighted by Crippen LogP contribution is 2.43. The summed E-state index contributed by atoms with van der Waals surface area (Å²) in [4.78, 5) is 5.94. The highest BCUT2D eigenvalue weighted by Gasteiger charge is 2.36. The molecule has 0 aliphatic carbocycles. The predicted molar refractivity (Wildman–Crippen MR) is 69.1 cm³/mol. The number of nitrogens with zero attached hydrogens (tertiary/aromatic N) is 1. The second-order valence-corrected chi connectivity index (χ2v) is 5.23. The largest absolute Gasteiger partial charge is 0.426 e. The van der Waals surface area contributed by atoms with Crippen LogP contribution in [0.2, 0.25) is 0 Å². The van der Waals surface area contributed by atoms with Gasteiger partial charge in [0.05, 0.1) is 11.0 Å². The van der Waals surface area contributed by atoms with Crippen molar-refractivity contribution in [2.75, 3.05) is 0 Å². The lowest BCUT2D eigenvalue weighted by molar-refractivity contribution is -0.133. The van der Waals surface area contributed by atoms with Crippen LogP contribution in [-0.2, 0) is 6.18 Å². The topological polar surface area (TPSA) is 28.7 Å². The molecule has 0 amide bonds. The van der Waals surface area contributed by atoms with Gasteiger partial charge in [-0.15, -0.1) is 11.3 Å². The van der Waals surface area contributed by atoms with Crippen molar-refractivity contribution in [2.24, 2.45) is 0 Å². The van der Waals surface area contributed by atoms with E-state index in [0.717, 1.165) is 0 Å². The first-order valence-electron chi connectivity index (χ1n) is 5.68. The molecule has 0 bridgehead atoms. The van der Waals surface area contributed by atoms with Crippen molar-refractivity contribution in [1.29, 1.82) is 0 Å². The van der Waals surface area contributed by atoms with E-state index in [2.05, 4.69) is 9.97 Å². The van der Waals surface area contributed by atoms with Gasteiger partial charge in [-0.3, -0.25) is 0 Å². The third-order valence-electron chi connectivity index (χ3n) is 2.99. The highest BCUT2D eigenvalue weighted by molar-refractivity contribution is 7.10. The number of hydrogen-bond donors (Lipinski definition) is 1. The van der Waals surface area contributed by atoms with Gasteiger partial charge < -0.3 is 4.98 Å². The van der Waals surface area contributed by atoms with Gasteiger partial charge in [-0.1, -0.05) is 0 Å². The van der Waals surface area contributed by atoms with Gasteiger partial charge in [-0.25, -0.2) is 4.98 Å². The van der Waals surface area contributed by atoms with Crippen molar-refractivity contribution in [1.82, 2.24) is 9.97 Å². The monoisotopic (exact) mass is 300 g/mol. The Balaban J connectivity index is 2.33. The number of alkyl halides is 3. The number of aromatic amines is 1. The van der Waals surface area contributed by atoms with Crippen molar-refractivity contribution >= 4 is 22.4 Å². The van der Waals surface area contributed by atoms with E-state index in [1.807, 2.05) is 0 Å². The average Bonchev–Trinajstić information content (AvgIpc) is 2.91. The van der Waals surface area contributed by atoms with E-state index in [1.165, 1.54) is 23.6 Å². The normalized spacial score (nSPS) is 12.2. The molecule has 1 N–H and O–H groups in total. The van der Waals surface area contributed by atoms with Gasteiger partial charge in [0.2, 0.25) is 5.95 Å². The quantitative estimate of drug-likeness (QED) is 0.509. The minimum absolute atomic E-state index is 0.0318. The molecule has 0 fully saturated rings. The molecular formula is C13H8F4N2S. The summed E-state index contributed by atoms with van der Waals surface area (Å²) in [5.41, 5.74) is 1.59. The fourth-order valence-corrected chi connectivity index (χ4v) is 3.00. The fourth-order valence-electron chi connectivity index (χ4n) is 2.22. The van der Waals surface area contributed by atoms with Crippen LogP contribution in [0.5, 0.6) is 0 Å². The molecule has 20 heavy (non-hydrogen) atoms. The third kappa shape index (κ3) is 1.98. The lowest BCUT2D eigenvalue weighted by atomic mass is 10.1.